The predicted molar refractivity (Wildman–Crippen MR) is 113 cm³/mol. The monoisotopic (exact) mass is 392 g/mol. The Balaban J connectivity index is 1.44. The second-order valence-electron chi connectivity index (χ2n) is 6.49. The molecule has 0 aliphatic carbocycles. The van der Waals surface area contributed by atoms with Crippen LogP contribution in [0.2, 0.25) is 0 Å². The zero-order chi connectivity index (χ0) is 20.3. The minimum atomic E-state index is -0.217. The van der Waals surface area contributed by atoms with Crippen molar-refractivity contribution < 1.29 is 9.13 Å². The molecule has 0 amide bonds. The van der Waals surface area contributed by atoms with Gasteiger partial charge in [0.2, 0.25) is 0 Å². The van der Waals surface area contributed by atoms with Crippen molar-refractivity contribution in [1.29, 1.82) is 0 Å². The number of nitrogens with zero attached hydrogens (tertiary/aromatic N) is 2. The molecule has 2 N–H and O–H groups in total. The SMILES string of the molecule is CN=C(NCCc1ccc(F)cc1)NCc1cccc(OCc2ccccn2)c1. The molecule has 5 nitrogen and oxygen atoms in total. The molecular formula is C23H25FN4O. The minimum absolute atomic E-state index is 0.217. The molecule has 0 saturated heterocycles. The van der Waals surface area contributed by atoms with E-state index in [2.05, 4.69) is 20.6 Å². The van der Waals surface area contributed by atoms with Crippen LogP contribution in [0.15, 0.2) is 77.9 Å². The minimum Gasteiger partial charge on any atom is -0.487 e. The molecule has 1 aromatic heterocycles. The van der Waals surface area contributed by atoms with Gasteiger partial charge in [0.1, 0.15) is 18.2 Å². The predicted octanol–water partition coefficient (Wildman–Crippen LogP) is 3.71. The van der Waals surface area contributed by atoms with Gasteiger partial charge in [0.05, 0.1) is 5.69 Å². The number of benzene rings is 2. The van der Waals surface area contributed by atoms with Gasteiger partial charge in [-0.05, 0) is 53.9 Å². The number of aromatic nitrogens is 1. The molecule has 0 unspecified atom stereocenters. The fourth-order valence-electron chi connectivity index (χ4n) is 2.77. The number of aliphatic imine (C=N–C) groups is 1. The third-order valence-electron chi connectivity index (χ3n) is 4.31. The smallest absolute Gasteiger partial charge is 0.191 e. The van der Waals surface area contributed by atoms with Gasteiger partial charge in [-0.25, -0.2) is 4.39 Å². The van der Waals surface area contributed by atoms with Crippen LogP contribution in [0.3, 0.4) is 0 Å². The zero-order valence-corrected chi connectivity index (χ0v) is 16.4. The molecule has 0 bridgehead atoms. The van der Waals surface area contributed by atoms with Crippen molar-refractivity contribution in [3.05, 3.63) is 95.6 Å². The Morgan fingerprint density at radius 1 is 1.00 bits per heavy atom. The molecule has 3 aromatic rings. The highest BCUT2D eigenvalue weighted by molar-refractivity contribution is 5.79. The molecule has 0 aliphatic rings. The Hall–Kier alpha value is -3.41. The van der Waals surface area contributed by atoms with Gasteiger partial charge in [0.15, 0.2) is 5.96 Å². The Labute approximate surface area is 170 Å². The van der Waals surface area contributed by atoms with Crippen molar-refractivity contribution in [2.75, 3.05) is 13.6 Å². The first-order chi connectivity index (χ1) is 14.2. The van der Waals surface area contributed by atoms with Crippen LogP contribution < -0.4 is 15.4 Å². The molecule has 0 radical (unpaired) electrons. The molecule has 0 spiro atoms. The number of hydrogen-bond donors (Lipinski definition) is 2. The summed E-state index contributed by atoms with van der Waals surface area (Å²) < 4.78 is 18.8. The van der Waals surface area contributed by atoms with Crippen LogP contribution in [-0.2, 0) is 19.6 Å². The Kier molecular flexibility index (Phi) is 7.57. The maximum atomic E-state index is 13.0. The summed E-state index contributed by atoms with van der Waals surface area (Å²) in [7, 11) is 1.74. The van der Waals surface area contributed by atoms with E-state index in [4.69, 9.17) is 4.74 Å². The first-order valence-corrected chi connectivity index (χ1v) is 9.53. The van der Waals surface area contributed by atoms with Crippen LogP contribution in [0.25, 0.3) is 0 Å². The van der Waals surface area contributed by atoms with Gasteiger partial charge in [0.25, 0.3) is 0 Å². The van der Waals surface area contributed by atoms with E-state index >= 15 is 0 Å². The molecule has 6 heteroatoms. The Morgan fingerprint density at radius 2 is 1.86 bits per heavy atom. The summed E-state index contributed by atoms with van der Waals surface area (Å²) >= 11 is 0. The fourth-order valence-corrected chi connectivity index (χ4v) is 2.77. The van der Waals surface area contributed by atoms with Crippen molar-refractivity contribution in [3.63, 3.8) is 0 Å². The first-order valence-electron chi connectivity index (χ1n) is 9.53. The van der Waals surface area contributed by atoms with Crippen molar-refractivity contribution in [2.24, 2.45) is 4.99 Å². The number of pyridine rings is 1. The van der Waals surface area contributed by atoms with Gasteiger partial charge in [-0.1, -0.05) is 30.3 Å². The maximum Gasteiger partial charge on any atom is 0.191 e. The van der Waals surface area contributed by atoms with E-state index < -0.39 is 0 Å². The number of nitrogens with one attached hydrogen (secondary N) is 2. The van der Waals surface area contributed by atoms with Crippen molar-refractivity contribution in [1.82, 2.24) is 15.6 Å². The largest absolute Gasteiger partial charge is 0.487 e. The zero-order valence-electron chi connectivity index (χ0n) is 16.4. The molecule has 1 heterocycles. The highest BCUT2D eigenvalue weighted by Crippen LogP contribution is 2.14. The van der Waals surface area contributed by atoms with Gasteiger partial charge in [0, 0.05) is 26.3 Å². The molecular weight excluding hydrogens is 367 g/mol. The van der Waals surface area contributed by atoms with Crippen molar-refractivity contribution in [3.8, 4) is 5.75 Å². The molecule has 0 aliphatic heterocycles. The summed E-state index contributed by atoms with van der Waals surface area (Å²) in [5.41, 5.74) is 3.05. The summed E-state index contributed by atoms with van der Waals surface area (Å²) in [5.74, 6) is 1.30. The van der Waals surface area contributed by atoms with E-state index in [1.165, 1.54) is 12.1 Å². The standard InChI is InChI=1S/C23H25FN4O/c1-25-23(27-14-12-18-8-10-20(24)11-9-18)28-16-19-5-4-7-22(15-19)29-17-21-6-2-3-13-26-21/h2-11,13,15H,12,14,16-17H2,1H3,(H2,25,27,28). The third-order valence-corrected chi connectivity index (χ3v) is 4.31. The van der Waals surface area contributed by atoms with Crippen molar-refractivity contribution in [2.45, 2.75) is 19.6 Å². The third kappa shape index (κ3) is 6.92. The number of ether oxygens (including phenoxy) is 1. The number of guanidine groups is 1. The quantitative estimate of drug-likeness (QED) is 0.453. The topological polar surface area (TPSA) is 58.5 Å². The lowest BCUT2D eigenvalue weighted by molar-refractivity contribution is 0.301. The molecule has 0 saturated carbocycles. The van der Waals surface area contributed by atoms with Gasteiger partial charge in [-0.2, -0.15) is 0 Å². The van der Waals surface area contributed by atoms with E-state index in [1.54, 1.807) is 25.4 Å². The van der Waals surface area contributed by atoms with Crippen LogP contribution >= 0.6 is 0 Å². The van der Waals surface area contributed by atoms with Gasteiger partial charge in [-0.15, -0.1) is 0 Å². The molecule has 0 fully saturated rings. The Bertz CT molecular complexity index is 914. The second-order valence-corrected chi connectivity index (χ2v) is 6.49. The lowest BCUT2D eigenvalue weighted by atomic mass is 10.1. The highest BCUT2D eigenvalue weighted by Gasteiger charge is 2.02. The van der Waals surface area contributed by atoms with Crippen LogP contribution in [0, 0.1) is 5.82 Å². The van der Waals surface area contributed by atoms with E-state index in [0.29, 0.717) is 25.7 Å². The fraction of sp³-hybridized carbons (Fsp3) is 0.217. The summed E-state index contributed by atoms with van der Waals surface area (Å²) in [5, 5.41) is 6.56. The number of hydrogen-bond acceptors (Lipinski definition) is 3. The van der Waals surface area contributed by atoms with E-state index in [-0.39, 0.29) is 5.82 Å². The molecule has 3 rings (SSSR count). The average Bonchev–Trinajstić information content (AvgIpc) is 2.77. The molecule has 0 atom stereocenters. The van der Waals surface area contributed by atoms with E-state index in [9.17, 15) is 4.39 Å². The molecule has 150 valence electrons. The normalized spacial score (nSPS) is 11.2. The first kappa shape index (κ1) is 20.3. The van der Waals surface area contributed by atoms with Crippen molar-refractivity contribution >= 4 is 5.96 Å². The average molecular weight is 392 g/mol. The Morgan fingerprint density at radius 3 is 2.62 bits per heavy atom. The maximum absolute atomic E-state index is 13.0. The molecule has 2 aromatic carbocycles. The molecule has 29 heavy (non-hydrogen) atoms. The van der Waals surface area contributed by atoms with Crippen LogP contribution in [0.1, 0.15) is 16.8 Å². The highest BCUT2D eigenvalue weighted by atomic mass is 19.1. The van der Waals surface area contributed by atoms with Gasteiger partial charge in [-0.3, -0.25) is 9.98 Å². The van der Waals surface area contributed by atoms with Crippen LogP contribution in [0.4, 0.5) is 4.39 Å². The lowest BCUT2D eigenvalue weighted by Crippen LogP contribution is -2.37. The van der Waals surface area contributed by atoms with E-state index in [0.717, 1.165) is 29.0 Å². The summed E-state index contributed by atoms with van der Waals surface area (Å²) in [6.07, 6.45) is 2.55. The summed E-state index contributed by atoms with van der Waals surface area (Å²) in [6, 6.07) is 20.2. The van der Waals surface area contributed by atoms with Gasteiger partial charge >= 0.3 is 0 Å². The van der Waals surface area contributed by atoms with Crippen LogP contribution in [0.5, 0.6) is 5.75 Å². The summed E-state index contributed by atoms with van der Waals surface area (Å²) in [6.45, 7) is 1.76. The van der Waals surface area contributed by atoms with E-state index in [1.807, 2.05) is 42.5 Å². The summed E-state index contributed by atoms with van der Waals surface area (Å²) in [4.78, 5) is 8.50. The number of halogens is 1. The lowest BCUT2D eigenvalue weighted by Gasteiger charge is -2.13. The second kappa shape index (κ2) is 10.8. The van der Waals surface area contributed by atoms with Crippen LogP contribution in [-0.4, -0.2) is 24.5 Å². The van der Waals surface area contributed by atoms with Gasteiger partial charge < -0.3 is 15.4 Å². The number of rotatable bonds is 8.